The van der Waals surface area contributed by atoms with Gasteiger partial charge in [0.25, 0.3) is 5.91 Å². The summed E-state index contributed by atoms with van der Waals surface area (Å²) in [6.45, 7) is 0. The summed E-state index contributed by atoms with van der Waals surface area (Å²) in [4.78, 5) is 24.9. The molecule has 2 aromatic heterocycles. The number of H-pyrrole nitrogens is 1. The molecule has 1 aromatic carbocycles. The van der Waals surface area contributed by atoms with Crippen LogP contribution in [0.4, 0.5) is 0 Å². The highest BCUT2D eigenvalue weighted by atomic mass is 16.2. The molecule has 3 aromatic rings. The zero-order chi connectivity index (χ0) is 12.5. The third kappa shape index (κ3) is 1.47. The first-order valence-electron chi connectivity index (χ1n) is 5.12. The van der Waals surface area contributed by atoms with Crippen molar-refractivity contribution in [1.82, 2.24) is 15.0 Å². The van der Waals surface area contributed by atoms with Crippen molar-refractivity contribution in [3.05, 3.63) is 46.7 Å². The van der Waals surface area contributed by atoms with E-state index in [1.807, 2.05) is 24.3 Å². The maximum absolute atomic E-state index is 11.4. The molecule has 0 saturated carbocycles. The number of azide groups is 1. The zero-order valence-corrected chi connectivity index (χ0v) is 9.03. The largest absolute Gasteiger partial charge is 0.352 e. The van der Waals surface area contributed by atoms with E-state index in [2.05, 4.69) is 25.0 Å². The minimum atomic E-state index is -0.787. The van der Waals surface area contributed by atoms with Crippen molar-refractivity contribution in [1.29, 1.82) is 0 Å². The summed E-state index contributed by atoms with van der Waals surface area (Å²) in [5, 5.41) is 3.87. The van der Waals surface area contributed by atoms with Gasteiger partial charge in [0.1, 0.15) is 5.52 Å². The molecular weight excluding hydrogens is 232 g/mol. The molecule has 18 heavy (non-hydrogen) atoms. The van der Waals surface area contributed by atoms with Crippen LogP contribution < -0.4 is 0 Å². The Morgan fingerprint density at radius 3 is 3.00 bits per heavy atom. The summed E-state index contributed by atoms with van der Waals surface area (Å²) < 4.78 is 0. The molecule has 0 bridgehead atoms. The Morgan fingerprint density at radius 2 is 2.17 bits per heavy atom. The van der Waals surface area contributed by atoms with Crippen LogP contribution in [0.15, 0.2) is 35.6 Å². The van der Waals surface area contributed by atoms with E-state index in [0.29, 0.717) is 5.52 Å². The molecule has 0 radical (unpaired) electrons. The van der Waals surface area contributed by atoms with Crippen LogP contribution in [-0.2, 0) is 0 Å². The van der Waals surface area contributed by atoms with Crippen molar-refractivity contribution in [2.75, 3.05) is 0 Å². The number of para-hydroxylation sites is 1. The minimum Gasteiger partial charge on any atom is -0.352 e. The average Bonchev–Trinajstić information content (AvgIpc) is 2.76. The van der Waals surface area contributed by atoms with E-state index in [1.165, 1.54) is 6.20 Å². The van der Waals surface area contributed by atoms with Gasteiger partial charge in [-0.25, -0.2) is 9.97 Å². The maximum Gasteiger partial charge on any atom is 0.286 e. The van der Waals surface area contributed by atoms with Crippen LogP contribution in [0.25, 0.3) is 32.4 Å². The van der Waals surface area contributed by atoms with Gasteiger partial charge in [0.2, 0.25) is 5.82 Å². The highest BCUT2D eigenvalue weighted by Gasteiger charge is 2.11. The van der Waals surface area contributed by atoms with Crippen molar-refractivity contribution in [2.24, 2.45) is 5.11 Å². The fraction of sp³-hybridized carbons (Fsp3) is 0. The summed E-state index contributed by atoms with van der Waals surface area (Å²) >= 11 is 0. The first kappa shape index (κ1) is 10.2. The van der Waals surface area contributed by atoms with Crippen LogP contribution in [0.2, 0.25) is 0 Å². The maximum atomic E-state index is 11.4. The monoisotopic (exact) mass is 238 g/mol. The number of aromatic nitrogens is 3. The normalized spacial score (nSPS) is 10.4. The molecule has 86 valence electrons. The number of carbonyl (C=O) groups excluding carboxylic acids is 1. The van der Waals surface area contributed by atoms with E-state index < -0.39 is 5.91 Å². The third-order valence-corrected chi connectivity index (χ3v) is 2.57. The molecule has 3 rings (SSSR count). The fourth-order valence-electron chi connectivity index (χ4n) is 1.81. The average molecular weight is 238 g/mol. The number of nitrogens with one attached hydrogen (secondary N) is 1. The van der Waals surface area contributed by atoms with Crippen molar-refractivity contribution in [3.63, 3.8) is 0 Å². The molecule has 1 amide bonds. The van der Waals surface area contributed by atoms with Gasteiger partial charge in [-0.3, -0.25) is 4.79 Å². The lowest BCUT2D eigenvalue weighted by molar-refractivity contribution is 0.0991. The van der Waals surface area contributed by atoms with Crippen LogP contribution in [0.3, 0.4) is 0 Å². The molecule has 2 heterocycles. The fourth-order valence-corrected chi connectivity index (χ4v) is 1.81. The van der Waals surface area contributed by atoms with Crippen LogP contribution in [0.1, 0.15) is 10.6 Å². The van der Waals surface area contributed by atoms with Crippen LogP contribution >= 0.6 is 0 Å². The van der Waals surface area contributed by atoms with E-state index in [4.69, 9.17) is 5.53 Å². The lowest BCUT2D eigenvalue weighted by Crippen LogP contribution is -2.00. The van der Waals surface area contributed by atoms with Gasteiger partial charge in [0.05, 0.1) is 11.7 Å². The molecule has 7 heteroatoms. The van der Waals surface area contributed by atoms with Gasteiger partial charge in [-0.2, -0.15) is 0 Å². The highest BCUT2D eigenvalue weighted by molar-refractivity contribution is 6.05. The molecule has 0 unspecified atom stereocenters. The van der Waals surface area contributed by atoms with Gasteiger partial charge in [-0.05, 0) is 16.7 Å². The standard InChI is InChI=1S/C11H6N6O/c12-17-16-11(18)10-13-5-8-9(15-10)6-3-1-2-4-7(6)14-8/h1-5,14H. The number of aromatic amines is 1. The number of carbonyl (C=O) groups is 1. The molecule has 0 atom stereocenters. The predicted molar refractivity (Wildman–Crippen MR) is 64.9 cm³/mol. The second-order valence-electron chi connectivity index (χ2n) is 3.62. The predicted octanol–water partition coefficient (Wildman–Crippen LogP) is 2.56. The molecule has 0 aliphatic heterocycles. The Kier molecular flexibility index (Phi) is 2.18. The number of hydrogen-bond donors (Lipinski definition) is 1. The van der Waals surface area contributed by atoms with Crippen LogP contribution in [-0.4, -0.2) is 20.9 Å². The third-order valence-electron chi connectivity index (χ3n) is 2.57. The van der Waals surface area contributed by atoms with E-state index in [-0.39, 0.29) is 5.82 Å². The van der Waals surface area contributed by atoms with Gasteiger partial charge >= 0.3 is 0 Å². The number of rotatable bonds is 1. The Hall–Kier alpha value is -2.92. The molecule has 0 aliphatic carbocycles. The Labute approximate surface area is 100 Å². The van der Waals surface area contributed by atoms with Crippen LogP contribution in [0, 0.1) is 0 Å². The smallest absolute Gasteiger partial charge is 0.286 e. The zero-order valence-electron chi connectivity index (χ0n) is 9.03. The van der Waals surface area contributed by atoms with Gasteiger partial charge in [0.15, 0.2) is 0 Å². The second kappa shape index (κ2) is 3.83. The Bertz CT molecular complexity index is 815. The second-order valence-corrected chi connectivity index (χ2v) is 3.62. The lowest BCUT2D eigenvalue weighted by atomic mass is 10.2. The summed E-state index contributed by atoms with van der Waals surface area (Å²) in [7, 11) is 0. The number of nitrogens with zero attached hydrogens (tertiary/aromatic N) is 5. The summed E-state index contributed by atoms with van der Waals surface area (Å²) in [5.74, 6) is -0.894. The topological polar surface area (TPSA) is 107 Å². The van der Waals surface area contributed by atoms with Crippen LogP contribution in [0.5, 0.6) is 0 Å². The van der Waals surface area contributed by atoms with E-state index in [0.717, 1.165) is 16.4 Å². The van der Waals surface area contributed by atoms with E-state index in [9.17, 15) is 4.79 Å². The van der Waals surface area contributed by atoms with Gasteiger partial charge in [-0.1, -0.05) is 18.2 Å². The minimum absolute atomic E-state index is 0.106. The summed E-state index contributed by atoms with van der Waals surface area (Å²) in [6.07, 6.45) is 1.50. The summed E-state index contributed by atoms with van der Waals surface area (Å²) in [6, 6.07) is 7.58. The van der Waals surface area contributed by atoms with E-state index in [1.54, 1.807) is 0 Å². The molecular formula is C11H6N6O. The van der Waals surface area contributed by atoms with Crippen molar-refractivity contribution in [2.45, 2.75) is 0 Å². The molecule has 0 saturated heterocycles. The van der Waals surface area contributed by atoms with Gasteiger partial charge < -0.3 is 4.98 Å². The number of hydrogen-bond acceptors (Lipinski definition) is 3. The summed E-state index contributed by atoms with van der Waals surface area (Å²) in [5.41, 5.74) is 10.5. The molecule has 0 spiro atoms. The molecule has 1 N–H and O–H groups in total. The lowest BCUT2D eigenvalue weighted by Gasteiger charge is -1.93. The SMILES string of the molecule is [N-]=[N+]=NC(=O)c1ncc2[nH]c3ccccc3c2n1. The first-order valence-corrected chi connectivity index (χ1v) is 5.12. The van der Waals surface area contributed by atoms with Crippen molar-refractivity contribution >= 4 is 27.8 Å². The van der Waals surface area contributed by atoms with Crippen molar-refractivity contribution < 1.29 is 4.79 Å². The van der Waals surface area contributed by atoms with Crippen molar-refractivity contribution in [3.8, 4) is 0 Å². The molecule has 0 fully saturated rings. The first-order chi connectivity index (χ1) is 8.79. The number of amides is 1. The quantitative estimate of drug-likeness (QED) is 0.399. The van der Waals surface area contributed by atoms with E-state index >= 15 is 0 Å². The van der Waals surface area contributed by atoms with Gasteiger partial charge in [0, 0.05) is 15.8 Å². The van der Waals surface area contributed by atoms with Gasteiger partial charge in [-0.15, -0.1) is 0 Å². The number of benzene rings is 1. The number of fused-ring (bicyclic) bond motifs is 3. The highest BCUT2D eigenvalue weighted by Crippen LogP contribution is 2.22. The molecule has 0 aliphatic rings. The molecule has 7 nitrogen and oxygen atoms in total. The Balaban J connectivity index is 2.30. The Morgan fingerprint density at radius 1 is 1.33 bits per heavy atom.